The molecule has 0 aliphatic rings. The van der Waals surface area contributed by atoms with Gasteiger partial charge >= 0.3 is 0 Å². The van der Waals surface area contributed by atoms with Crippen LogP contribution in [0.1, 0.15) is 16.7 Å². The molecular formula is C19H15Cl2N3S. The van der Waals surface area contributed by atoms with Gasteiger partial charge in [-0.05, 0) is 48.7 Å². The van der Waals surface area contributed by atoms with Crippen molar-refractivity contribution in [2.75, 3.05) is 0 Å². The van der Waals surface area contributed by atoms with Gasteiger partial charge < -0.3 is 0 Å². The van der Waals surface area contributed by atoms with Gasteiger partial charge in [0.25, 0.3) is 0 Å². The van der Waals surface area contributed by atoms with E-state index < -0.39 is 0 Å². The van der Waals surface area contributed by atoms with Crippen LogP contribution in [0.2, 0.25) is 10.0 Å². The summed E-state index contributed by atoms with van der Waals surface area (Å²) in [6.07, 6.45) is 0. The molecule has 0 N–H and O–H groups in total. The summed E-state index contributed by atoms with van der Waals surface area (Å²) in [7, 11) is 0. The van der Waals surface area contributed by atoms with Crippen LogP contribution in [0, 0.1) is 13.8 Å². The first-order valence-electron chi connectivity index (χ1n) is 7.86. The Morgan fingerprint density at radius 2 is 1.68 bits per heavy atom. The minimum atomic E-state index is 0.639. The van der Waals surface area contributed by atoms with Gasteiger partial charge in [0.15, 0.2) is 10.8 Å². The lowest BCUT2D eigenvalue weighted by atomic mass is 10.1. The highest BCUT2D eigenvalue weighted by Crippen LogP contribution is 2.33. The van der Waals surface area contributed by atoms with E-state index in [2.05, 4.69) is 52.7 Å². The van der Waals surface area contributed by atoms with Crippen LogP contribution >= 0.6 is 35.0 Å². The van der Waals surface area contributed by atoms with Crippen LogP contribution in [0.3, 0.4) is 0 Å². The number of aryl methyl sites for hydroxylation is 2. The molecule has 0 saturated carbocycles. The number of aromatic nitrogens is 3. The minimum absolute atomic E-state index is 0.639. The van der Waals surface area contributed by atoms with E-state index in [0.717, 1.165) is 21.9 Å². The maximum Gasteiger partial charge on any atom is 0.196 e. The zero-order valence-electron chi connectivity index (χ0n) is 13.8. The maximum atomic E-state index is 6.29. The minimum Gasteiger partial charge on any atom is -0.270 e. The predicted octanol–water partition coefficient (Wildman–Crippen LogP) is 6.10. The number of fused-ring (bicyclic) bond motifs is 3. The Hall–Kier alpha value is -1.75. The molecule has 3 nitrogen and oxygen atoms in total. The highest BCUT2D eigenvalue weighted by atomic mass is 35.5. The monoisotopic (exact) mass is 387 g/mol. The third kappa shape index (κ3) is 2.88. The Morgan fingerprint density at radius 3 is 2.44 bits per heavy atom. The van der Waals surface area contributed by atoms with Crippen molar-refractivity contribution in [1.82, 2.24) is 14.6 Å². The summed E-state index contributed by atoms with van der Waals surface area (Å²) in [5, 5.41) is 12.1. The van der Waals surface area contributed by atoms with E-state index in [0.29, 0.717) is 15.8 Å². The van der Waals surface area contributed by atoms with Crippen LogP contribution in [0.4, 0.5) is 0 Å². The Kier molecular flexibility index (Phi) is 4.36. The van der Waals surface area contributed by atoms with Gasteiger partial charge in [-0.3, -0.25) is 4.40 Å². The average molecular weight is 388 g/mol. The van der Waals surface area contributed by atoms with Gasteiger partial charge in [0.2, 0.25) is 0 Å². The molecule has 25 heavy (non-hydrogen) atoms. The predicted molar refractivity (Wildman–Crippen MR) is 106 cm³/mol. The molecule has 0 amide bonds. The maximum absolute atomic E-state index is 6.29. The molecule has 0 aliphatic heterocycles. The molecule has 4 rings (SSSR count). The Morgan fingerprint density at radius 1 is 0.960 bits per heavy atom. The first-order chi connectivity index (χ1) is 12.1. The fraction of sp³-hybridized carbons (Fsp3) is 0.158. The standard InChI is InChI=1S/C19H15Cl2N3S/c1-11-5-3-6-13-12(2)9-17-22-23-19(24(17)18(11)13)25-10-14-15(20)7-4-8-16(14)21/h3-9H,10H2,1-2H3. The zero-order chi connectivity index (χ0) is 17.6. The van der Waals surface area contributed by atoms with Crippen molar-refractivity contribution in [3.8, 4) is 0 Å². The lowest BCUT2D eigenvalue weighted by Crippen LogP contribution is -1.96. The van der Waals surface area contributed by atoms with Gasteiger partial charge in [0.1, 0.15) is 0 Å². The van der Waals surface area contributed by atoms with Crippen molar-refractivity contribution < 1.29 is 0 Å². The number of para-hydroxylation sites is 1. The van der Waals surface area contributed by atoms with Gasteiger partial charge in [-0.25, -0.2) is 0 Å². The second-order valence-electron chi connectivity index (χ2n) is 5.96. The average Bonchev–Trinajstić information content (AvgIpc) is 2.97. The van der Waals surface area contributed by atoms with Crippen LogP contribution in [-0.2, 0) is 5.75 Å². The summed E-state index contributed by atoms with van der Waals surface area (Å²) in [6.45, 7) is 4.22. The fourth-order valence-electron chi connectivity index (χ4n) is 3.03. The molecule has 2 aromatic heterocycles. The molecule has 0 fully saturated rings. The van der Waals surface area contributed by atoms with Crippen molar-refractivity contribution in [3.63, 3.8) is 0 Å². The number of halogens is 2. The number of hydrogen-bond acceptors (Lipinski definition) is 3. The Labute approximate surface area is 160 Å². The molecule has 0 spiro atoms. The van der Waals surface area contributed by atoms with E-state index in [4.69, 9.17) is 23.2 Å². The molecule has 126 valence electrons. The summed E-state index contributed by atoms with van der Waals surface area (Å²) >= 11 is 14.2. The van der Waals surface area contributed by atoms with Crippen LogP contribution in [0.25, 0.3) is 16.6 Å². The molecule has 0 bridgehead atoms. The number of benzene rings is 2. The lowest BCUT2D eigenvalue weighted by Gasteiger charge is -2.10. The highest BCUT2D eigenvalue weighted by molar-refractivity contribution is 7.98. The van der Waals surface area contributed by atoms with Gasteiger partial charge in [0.05, 0.1) is 5.52 Å². The van der Waals surface area contributed by atoms with Crippen molar-refractivity contribution >= 4 is 51.5 Å². The van der Waals surface area contributed by atoms with Crippen LogP contribution < -0.4 is 0 Å². The van der Waals surface area contributed by atoms with Crippen LogP contribution in [-0.4, -0.2) is 14.6 Å². The summed E-state index contributed by atoms with van der Waals surface area (Å²) < 4.78 is 2.12. The van der Waals surface area contributed by atoms with E-state index in [1.54, 1.807) is 11.8 Å². The van der Waals surface area contributed by atoms with Crippen molar-refractivity contribution in [3.05, 3.63) is 69.2 Å². The van der Waals surface area contributed by atoms with Gasteiger partial charge in [-0.15, -0.1) is 10.2 Å². The van der Waals surface area contributed by atoms with E-state index in [1.807, 2.05) is 18.2 Å². The second-order valence-corrected chi connectivity index (χ2v) is 7.72. The SMILES string of the molecule is Cc1cc2nnc(SCc3c(Cl)cccc3Cl)n2c2c(C)cccc12. The lowest BCUT2D eigenvalue weighted by molar-refractivity contribution is 0.938. The third-order valence-electron chi connectivity index (χ3n) is 4.30. The first kappa shape index (κ1) is 16.7. The molecule has 0 radical (unpaired) electrons. The van der Waals surface area contributed by atoms with Gasteiger partial charge in [0, 0.05) is 21.2 Å². The topological polar surface area (TPSA) is 30.2 Å². The Balaban J connectivity index is 1.84. The summed E-state index contributed by atoms with van der Waals surface area (Å²) in [5.41, 5.74) is 5.32. The molecular weight excluding hydrogens is 373 g/mol. The quantitative estimate of drug-likeness (QED) is 0.397. The number of hydrogen-bond donors (Lipinski definition) is 0. The third-order valence-corrected chi connectivity index (χ3v) is 5.96. The number of pyridine rings is 1. The van der Waals surface area contributed by atoms with Crippen molar-refractivity contribution in [2.45, 2.75) is 24.8 Å². The molecule has 4 aromatic rings. The molecule has 6 heteroatoms. The van der Waals surface area contributed by atoms with Crippen LogP contribution in [0.15, 0.2) is 47.6 Å². The largest absolute Gasteiger partial charge is 0.270 e. The van der Waals surface area contributed by atoms with E-state index in [-0.39, 0.29) is 0 Å². The summed E-state index contributed by atoms with van der Waals surface area (Å²) in [5.74, 6) is 0.639. The molecule has 0 aliphatic carbocycles. The van der Waals surface area contributed by atoms with Crippen molar-refractivity contribution in [1.29, 1.82) is 0 Å². The van der Waals surface area contributed by atoms with E-state index >= 15 is 0 Å². The second kappa shape index (κ2) is 6.52. The van der Waals surface area contributed by atoms with E-state index in [1.165, 1.54) is 16.5 Å². The molecule has 0 unspecified atom stereocenters. The normalized spacial score (nSPS) is 11.5. The smallest absolute Gasteiger partial charge is 0.196 e. The number of rotatable bonds is 3. The van der Waals surface area contributed by atoms with Crippen molar-refractivity contribution in [2.24, 2.45) is 0 Å². The number of thioether (sulfide) groups is 1. The zero-order valence-corrected chi connectivity index (χ0v) is 16.1. The summed E-state index contributed by atoms with van der Waals surface area (Å²) in [6, 6.07) is 14.0. The highest BCUT2D eigenvalue weighted by Gasteiger charge is 2.14. The summed E-state index contributed by atoms with van der Waals surface area (Å²) in [4.78, 5) is 0. The fourth-order valence-corrected chi connectivity index (χ4v) is 4.72. The van der Waals surface area contributed by atoms with Gasteiger partial charge in [-0.1, -0.05) is 59.2 Å². The number of nitrogens with zero attached hydrogens (tertiary/aromatic N) is 3. The molecule has 0 atom stereocenters. The molecule has 2 heterocycles. The molecule has 2 aromatic carbocycles. The molecule has 0 saturated heterocycles. The van der Waals surface area contributed by atoms with E-state index in [9.17, 15) is 0 Å². The first-order valence-corrected chi connectivity index (χ1v) is 9.60. The van der Waals surface area contributed by atoms with Crippen LogP contribution in [0.5, 0.6) is 0 Å². The van der Waals surface area contributed by atoms with Gasteiger partial charge in [-0.2, -0.15) is 0 Å². The Bertz CT molecular complexity index is 1080.